The van der Waals surface area contributed by atoms with E-state index in [2.05, 4.69) is 51.1 Å². The summed E-state index contributed by atoms with van der Waals surface area (Å²) in [6, 6.07) is 10.7. The first kappa shape index (κ1) is 13.0. The molecular weight excluding hydrogens is 228 g/mol. The molecule has 1 saturated heterocycles. The molecule has 94 valence electrons. The topological polar surface area (TPSA) is 9.23 Å². The number of rotatable bonds is 4. The molecule has 1 fully saturated rings. The van der Waals surface area contributed by atoms with E-state index in [0.29, 0.717) is 23.2 Å². The van der Waals surface area contributed by atoms with E-state index in [9.17, 15) is 0 Å². The van der Waals surface area contributed by atoms with E-state index in [1.54, 1.807) is 0 Å². The van der Waals surface area contributed by atoms with Crippen molar-refractivity contribution in [2.45, 2.75) is 43.4 Å². The Balaban J connectivity index is 2.01. The Kier molecular flexibility index (Phi) is 4.52. The fourth-order valence-electron chi connectivity index (χ4n) is 2.35. The zero-order valence-electron chi connectivity index (χ0n) is 10.9. The third-order valence-corrected chi connectivity index (χ3v) is 4.80. The number of ether oxygens (including phenoxy) is 1. The molecular formula is C15H22OS. The van der Waals surface area contributed by atoms with Crippen molar-refractivity contribution in [3.63, 3.8) is 0 Å². The van der Waals surface area contributed by atoms with Crippen molar-refractivity contribution < 1.29 is 4.74 Å². The van der Waals surface area contributed by atoms with Crippen molar-refractivity contribution in [3.8, 4) is 0 Å². The van der Waals surface area contributed by atoms with Gasteiger partial charge < -0.3 is 4.74 Å². The minimum Gasteiger partial charge on any atom is -0.377 e. The highest BCUT2D eigenvalue weighted by molar-refractivity contribution is 8.00. The summed E-state index contributed by atoms with van der Waals surface area (Å²) in [5.74, 6) is 1.37. The van der Waals surface area contributed by atoms with Gasteiger partial charge >= 0.3 is 0 Å². The Morgan fingerprint density at radius 3 is 2.65 bits per heavy atom. The predicted octanol–water partition coefficient (Wildman–Crippen LogP) is 4.23. The van der Waals surface area contributed by atoms with Crippen LogP contribution >= 0.6 is 11.8 Å². The van der Waals surface area contributed by atoms with Crippen LogP contribution in [0.25, 0.3) is 0 Å². The van der Waals surface area contributed by atoms with Gasteiger partial charge in [0.15, 0.2) is 0 Å². The fourth-order valence-corrected chi connectivity index (χ4v) is 3.63. The van der Waals surface area contributed by atoms with Crippen LogP contribution in [0.1, 0.15) is 27.2 Å². The highest BCUT2D eigenvalue weighted by Gasteiger charge is 2.35. The van der Waals surface area contributed by atoms with Crippen LogP contribution in [0, 0.1) is 11.8 Å². The highest BCUT2D eigenvalue weighted by Crippen LogP contribution is 2.38. The normalized spacial score (nSPS) is 28.8. The van der Waals surface area contributed by atoms with Crippen LogP contribution in [-0.4, -0.2) is 18.0 Å². The lowest BCUT2D eigenvalue weighted by molar-refractivity contribution is 0.0927. The van der Waals surface area contributed by atoms with E-state index in [1.807, 2.05) is 11.8 Å². The minimum absolute atomic E-state index is 0.426. The lowest BCUT2D eigenvalue weighted by Crippen LogP contribution is -2.23. The van der Waals surface area contributed by atoms with Crippen molar-refractivity contribution in [2.75, 3.05) is 6.61 Å². The predicted molar refractivity (Wildman–Crippen MR) is 74.4 cm³/mol. The Morgan fingerprint density at radius 2 is 2.00 bits per heavy atom. The fraction of sp³-hybridized carbons (Fsp3) is 0.600. The first-order chi connectivity index (χ1) is 8.16. The van der Waals surface area contributed by atoms with Crippen molar-refractivity contribution in [2.24, 2.45) is 11.8 Å². The number of thioether (sulfide) groups is 1. The van der Waals surface area contributed by atoms with Gasteiger partial charge in [0, 0.05) is 10.1 Å². The van der Waals surface area contributed by atoms with Crippen LogP contribution in [0.2, 0.25) is 0 Å². The average molecular weight is 250 g/mol. The molecule has 2 rings (SSSR count). The molecule has 3 atom stereocenters. The second-order valence-electron chi connectivity index (χ2n) is 5.37. The van der Waals surface area contributed by atoms with E-state index < -0.39 is 0 Å². The Hall–Kier alpha value is -0.470. The van der Waals surface area contributed by atoms with Crippen LogP contribution in [0.15, 0.2) is 35.2 Å². The average Bonchev–Trinajstić information content (AvgIpc) is 2.62. The lowest BCUT2D eigenvalue weighted by Gasteiger charge is -2.22. The zero-order chi connectivity index (χ0) is 12.3. The maximum atomic E-state index is 5.94. The summed E-state index contributed by atoms with van der Waals surface area (Å²) in [5, 5.41) is 0.611. The van der Waals surface area contributed by atoms with Crippen LogP contribution in [0.4, 0.5) is 0 Å². The van der Waals surface area contributed by atoms with Gasteiger partial charge in [0.05, 0.1) is 12.7 Å². The number of hydrogen-bond acceptors (Lipinski definition) is 2. The van der Waals surface area contributed by atoms with Gasteiger partial charge in [0.2, 0.25) is 0 Å². The van der Waals surface area contributed by atoms with Gasteiger partial charge in [0.25, 0.3) is 0 Å². The molecule has 0 unspecified atom stereocenters. The molecule has 0 spiro atoms. The molecule has 0 amide bonds. The maximum absolute atomic E-state index is 5.94. The first-order valence-corrected chi connectivity index (χ1v) is 7.38. The Morgan fingerprint density at radius 1 is 1.29 bits per heavy atom. The number of hydrogen-bond donors (Lipinski definition) is 0. The van der Waals surface area contributed by atoms with Crippen LogP contribution in [0.3, 0.4) is 0 Å². The molecule has 1 aliphatic rings. The summed E-state index contributed by atoms with van der Waals surface area (Å²) in [6.07, 6.45) is 1.60. The maximum Gasteiger partial charge on any atom is 0.0703 e. The van der Waals surface area contributed by atoms with Gasteiger partial charge in [-0.05, 0) is 30.4 Å². The molecule has 1 aromatic rings. The minimum atomic E-state index is 0.426. The van der Waals surface area contributed by atoms with Crippen LogP contribution in [-0.2, 0) is 4.74 Å². The Labute approximate surface area is 109 Å². The SMILES string of the molecule is CC(C)C[C@@H]1OC[C@H](C)[C@H]1Sc1ccccc1. The molecule has 0 N–H and O–H groups in total. The standard InChI is InChI=1S/C15H22OS/c1-11(2)9-14-15(12(3)10-16-14)17-13-7-5-4-6-8-13/h4-8,11-12,14-15H,9-10H2,1-3H3/t12-,14-,15+/m0/s1. The van der Waals surface area contributed by atoms with E-state index in [4.69, 9.17) is 4.74 Å². The van der Waals surface area contributed by atoms with Gasteiger partial charge in [-0.25, -0.2) is 0 Å². The molecule has 0 bridgehead atoms. The second kappa shape index (κ2) is 5.92. The van der Waals surface area contributed by atoms with Crippen molar-refractivity contribution in [1.29, 1.82) is 0 Å². The molecule has 0 aromatic heterocycles. The molecule has 17 heavy (non-hydrogen) atoms. The molecule has 1 aromatic carbocycles. The van der Waals surface area contributed by atoms with Crippen molar-refractivity contribution in [3.05, 3.63) is 30.3 Å². The van der Waals surface area contributed by atoms with Gasteiger partial charge in [-0.3, -0.25) is 0 Å². The highest BCUT2D eigenvalue weighted by atomic mass is 32.2. The van der Waals surface area contributed by atoms with E-state index in [0.717, 1.165) is 6.61 Å². The molecule has 0 saturated carbocycles. The third-order valence-electron chi connectivity index (χ3n) is 3.22. The number of benzene rings is 1. The Bertz CT molecular complexity index is 336. The van der Waals surface area contributed by atoms with E-state index >= 15 is 0 Å². The van der Waals surface area contributed by atoms with E-state index in [-0.39, 0.29) is 0 Å². The molecule has 0 radical (unpaired) electrons. The molecule has 0 aliphatic carbocycles. The van der Waals surface area contributed by atoms with Crippen molar-refractivity contribution in [1.82, 2.24) is 0 Å². The van der Waals surface area contributed by atoms with Gasteiger partial charge in [-0.15, -0.1) is 11.8 Å². The second-order valence-corrected chi connectivity index (χ2v) is 6.63. The van der Waals surface area contributed by atoms with Crippen LogP contribution < -0.4 is 0 Å². The molecule has 1 nitrogen and oxygen atoms in total. The summed E-state index contributed by atoms with van der Waals surface area (Å²) in [7, 11) is 0. The first-order valence-electron chi connectivity index (χ1n) is 6.50. The smallest absolute Gasteiger partial charge is 0.0703 e. The van der Waals surface area contributed by atoms with Crippen LogP contribution in [0.5, 0.6) is 0 Å². The monoisotopic (exact) mass is 250 g/mol. The third kappa shape index (κ3) is 3.49. The van der Waals surface area contributed by atoms with Gasteiger partial charge in [0.1, 0.15) is 0 Å². The largest absolute Gasteiger partial charge is 0.377 e. The van der Waals surface area contributed by atoms with Gasteiger partial charge in [-0.2, -0.15) is 0 Å². The summed E-state index contributed by atoms with van der Waals surface area (Å²) in [4.78, 5) is 1.36. The summed E-state index contributed by atoms with van der Waals surface area (Å²) >= 11 is 1.98. The summed E-state index contributed by atoms with van der Waals surface area (Å²) in [6.45, 7) is 7.77. The quantitative estimate of drug-likeness (QED) is 0.791. The van der Waals surface area contributed by atoms with Crippen molar-refractivity contribution >= 4 is 11.8 Å². The van der Waals surface area contributed by atoms with E-state index in [1.165, 1.54) is 11.3 Å². The molecule has 1 heterocycles. The summed E-state index contributed by atoms with van der Waals surface area (Å²) < 4.78 is 5.94. The zero-order valence-corrected chi connectivity index (χ0v) is 11.7. The summed E-state index contributed by atoms with van der Waals surface area (Å²) in [5.41, 5.74) is 0. The van der Waals surface area contributed by atoms with Gasteiger partial charge in [-0.1, -0.05) is 39.0 Å². The molecule has 2 heteroatoms. The lowest BCUT2D eigenvalue weighted by atomic mass is 10.00. The molecule has 1 aliphatic heterocycles.